The Morgan fingerprint density at radius 3 is 2.48 bits per heavy atom. The van der Waals surface area contributed by atoms with E-state index in [9.17, 15) is 18.8 Å². The predicted molar refractivity (Wildman–Crippen MR) is 110 cm³/mol. The van der Waals surface area contributed by atoms with Gasteiger partial charge in [0.1, 0.15) is 11.9 Å². The molecule has 1 unspecified atom stereocenters. The molecule has 9 heteroatoms. The topological polar surface area (TPSA) is 101 Å². The van der Waals surface area contributed by atoms with E-state index in [-0.39, 0.29) is 5.56 Å². The first-order valence-corrected chi connectivity index (χ1v) is 9.99. The number of carbonyl (C=O) groups excluding carboxylic acids is 3. The lowest BCUT2D eigenvalue weighted by Crippen LogP contribution is -2.51. The Balaban J connectivity index is 1.78. The Morgan fingerprint density at radius 2 is 1.90 bits per heavy atom. The second-order valence-electron chi connectivity index (χ2n) is 6.91. The van der Waals surface area contributed by atoms with Crippen LogP contribution in [0.3, 0.4) is 0 Å². The molecule has 0 aliphatic heterocycles. The molecule has 1 fully saturated rings. The van der Waals surface area contributed by atoms with Gasteiger partial charge in [0.25, 0.3) is 5.91 Å². The van der Waals surface area contributed by atoms with E-state index in [1.165, 1.54) is 18.2 Å². The number of carbonyl (C=O) groups is 3. The molecule has 0 spiro atoms. The summed E-state index contributed by atoms with van der Waals surface area (Å²) in [7, 11) is 0. The summed E-state index contributed by atoms with van der Waals surface area (Å²) in [6, 6.07) is 9.45. The van der Waals surface area contributed by atoms with Crippen molar-refractivity contribution in [1.82, 2.24) is 10.6 Å². The van der Waals surface area contributed by atoms with Crippen LogP contribution in [-0.2, 0) is 15.1 Å². The van der Waals surface area contributed by atoms with Gasteiger partial charge in [-0.3, -0.25) is 14.4 Å². The maximum Gasteiger partial charge on any atom is 0.254 e. The van der Waals surface area contributed by atoms with Crippen molar-refractivity contribution < 1.29 is 18.8 Å². The van der Waals surface area contributed by atoms with E-state index in [1.807, 2.05) is 6.07 Å². The zero-order valence-electron chi connectivity index (χ0n) is 15.2. The fourth-order valence-electron chi connectivity index (χ4n) is 3.06. The zero-order valence-corrected chi connectivity index (χ0v) is 17.5. The lowest BCUT2D eigenvalue weighted by molar-refractivity contribution is -0.127. The molecule has 6 nitrogen and oxygen atoms in total. The van der Waals surface area contributed by atoms with Crippen LogP contribution in [0.25, 0.3) is 0 Å². The van der Waals surface area contributed by atoms with Crippen molar-refractivity contribution in [3.63, 3.8) is 0 Å². The van der Waals surface area contributed by atoms with Gasteiger partial charge in [0, 0.05) is 9.50 Å². The molecule has 152 valence electrons. The van der Waals surface area contributed by atoms with Gasteiger partial charge in [-0.25, -0.2) is 4.39 Å². The minimum atomic E-state index is -1.24. The first-order chi connectivity index (χ1) is 13.7. The Kier molecular flexibility index (Phi) is 6.24. The van der Waals surface area contributed by atoms with Crippen LogP contribution >= 0.6 is 27.5 Å². The minimum absolute atomic E-state index is 0.227. The highest BCUT2D eigenvalue weighted by Crippen LogP contribution is 2.46. The average molecular weight is 483 g/mol. The second kappa shape index (κ2) is 8.51. The van der Waals surface area contributed by atoms with Gasteiger partial charge in [0.05, 0.1) is 17.5 Å². The van der Waals surface area contributed by atoms with E-state index in [4.69, 9.17) is 17.3 Å². The van der Waals surface area contributed by atoms with Gasteiger partial charge < -0.3 is 16.4 Å². The van der Waals surface area contributed by atoms with E-state index in [0.29, 0.717) is 17.9 Å². The van der Waals surface area contributed by atoms with Crippen molar-refractivity contribution in [2.24, 2.45) is 5.73 Å². The van der Waals surface area contributed by atoms with Crippen molar-refractivity contribution in [3.8, 4) is 0 Å². The minimum Gasteiger partial charge on any atom is -0.370 e. The summed E-state index contributed by atoms with van der Waals surface area (Å²) >= 11 is 9.48. The largest absolute Gasteiger partial charge is 0.370 e. The lowest BCUT2D eigenvalue weighted by atomic mass is 10.0. The molecule has 0 bridgehead atoms. The summed E-state index contributed by atoms with van der Waals surface area (Å²) in [5, 5.41) is 5.79. The highest BCUT2D eigenvalue weighted by molar-refractivity contribution is 9.10. The number of nitrogens with two attached hydrogens (primary N) is 1. The molecular weight excluding hydrogens is 465 g/mol. The highest BCUT2D eigenvalue weighted by Gasteiger charge is 2.47. The fourth-order valence-corrected chi connectivity index (χ4v) is 3.92. The Morgan fingerprint density at radius 1 is 1.21 bits per heavy atom. The molecule has 4 N–H and O–H groups in total. The van der Waals surface area contributed by atoms with E-state index in [1.54, 1.807) is 12.1 Å². The first kappa shape index (κ1) is 21.3. The Bertz CT molecular complexity index is 961. The molecular formula is C20H18BrClFN3O3. The highest BCUT2D eigenvalue weighted by atomic mass is 79.9. The van der Waals surface area contributed by atoms with Crippen molar-refractivity contribution in [3.05, 3.63) is 68.9 Å². The van der Waals surface area contributed by atoms with Gasteiger partial charge >= 0.3 is 0 Å². The number of rotatable bonds is 7. The lowest BCUT2D eigenvalue weighted by Gasteiger charge is -2.23. The molecule has 1 aliphatic rings. The van der Waals surface area contributed by atoms with Crippen LogP contribution in [0.1, 0.15) is 35.2 Å². The van der Waals surface area contributed by atoms with E-state index < -0.39 is 41.5 Å². The number of nitrogens with one attached hydrogen (secondary N) is 2. The van der Waals surface area contributed by atoms with Crippen molar-refractivity contribution in [1.29, 1.82) is 0 Å². The van der Waals surface area contributed by atoms with Gasteiger partial charge in [-0.05, 0) is 48.7 Å². The molecule has 0 saturated heterocycles. The van der Waals surface area contributed by atoms with Crippen LogP contribution in [0.5, 0.6) is 0 Å². The number of benzene rings is 2. The molecule has 1 saturated carbocycles. The molecule has 0 aromatic heterocycles. The van der Waals surface area contributed by atoms with Crippen molar-refractivity contribution in [2.45, 2.75) is 30.8 Å². The van der Waals surface area contributed by atoms with Gasteiger partial charge in [0.15, 0.2) is 0 Å². The van der Waals surface area contributed by atoms with Gasteiger partial charge in [-0.2, -0.15) is 0 Å². The third-order valence-corrected chi connectivity index (χ3v) is 5.35. The maximum absolute atomic E-state index is 13.9. The molecule has 1 atom stereocenters. The summed E-state index contributed by atoms with van der Waals surface area (Å²) in [6.07, 6.45) is 0.938. The van der Waals surface area contributed by atoms with Crippen LogP contribution in [0.2, 0.25) is 5.02 Å². The molecule has 0 heterocycles. The van der Waals surface area contributed by atoms with Crippen molar-refractivity contribution in [2.75, 3.05) is 0 Å². The van der Waals surface area contributed by atoms with Crippen LogP contribution < -0.4 is 16.4 Å². The normalized spacial score (nSPS) is 15.3. The standard InChI is InChI=1S/C20H18BrClFN3O3/c21-12-7-11(8-13(22)9-12)20(5-6-20)26-19(29)16(10-17(24)27)25-18(28)14-3-1-2-4-15(14)23/h1-4,7-9,16H,5-6,10H2,(H2,24,27)(H,25,28)(H,26,29). The molecule has 3 rings (SSSR count). The summed E-state index contributed by atoms with van der Waals surface area (Å²) in [4.78, 5) is 36.7. The summed E-state index contributed by atoms with van der Waals surface area (Å²) in [5.41, 5.74) is 5.18. The summed E-state index contributed by atoms with van der Waals surface area (Å²) < 4.78 is 14.6. The summed E-state index contributed by atoms with van der Waals surface area (Å²) in [6.45, 7) is 0. The number of hydrogen-bond donors (Lipinski definition) is 3. The van der Waals surface area contributed by atoms with Gasteiger partial charge in [-0.1, -0.05) is 39.7 Å². The molecule has 0 radical (unpaired) electrons. The zero-order chi connectivity index (χ0) is 21.2. The summed E-state index contributed by atoms with van der Waals surface area (Å²) in [5.74, 6) is -2.89. The van der Waals surface area contributed by atoms with E-state index >= 15 is 0 Å². The first-order valence-electron chi connectivity index (χ1n) is 8.82. The molecule has 2 aromatic rings. The Hall–Kier alpha value is -2.45. The predicted octanol–water partition coefficient (Wildman–Crippen LogP) is 3.02. The van der Waals surface area contributed by atoms with Crippen LogP contribution in [0, 0.1) is 5.82 Å². The third-order valence-electron chi connectivity index (χ3n) is 4.67. The average Bonchev–Trinajstić information content (AvgIpc) is 3.41. The second-order valence-corrected chi connectivity index (χ2v) is 8.26. The van der Waals surface area contributed by atoms with E-state index in [0.717, 1.165) is 16.1 Å². The molecule has 3 amide bonds. The maximum atomic E-state index is 13.9. The third kappa shape index (κ3) is 5.13. The molecule has 1 aliphatic carbocycles. The molecule has 29 heavy (non-hydrogen) atoms. The van der Waals surface area contributed by atoms with Crippen molar-refractivity contribution >= 4 is 45.3 Å². The quantitative estimate of drug-likeness (QED) is 0.565. The van der Waals surface area contributed by atoms with Gasteiger partial charge in [0.2, 0.25) is 11.8 Å². The van der Waals surface area contributed by atoms with Gasteiger partial charge in [-0.15, -0.1) is 0 Å². The van der Waals surface area contributed by atoms with E-state index in [2.05, 4.69) is 26.6 Å². The Labute approximate surface area is 180 Å². The smallest absolute Gasteiger partial charge is 0.254 e. The number of halogens is 3. The SMILES string of the molecule is NC(=O)CC(NC(=O)c1ccccc1F)C(=O)NC1(c2cc(Cl)cc(Br)c2)CC1. The number of amides is 3. The number of hydrogen-bond acceptors (Lipinski definition) is 3. The molecule has 2 aromatic carbocycles. The van der Waals surface area contributed by atoms with Crippen LogP contribution in [-0.4, -0.2) is 23.8 Å². The van der Waals surface area contributed by atoms with Crippen LogP contribution in [0.4, 0.5) is 4.39 Å². The number of primary amides is 1. The monoisotopic (exact) mass is 481 g/mol. The van der Waals surface area contributed by atoms with Crippen LogP contribution in [0.15, 0.2) is 46.9 Å². The fraction of sp³-hybridized carbons (Fsp3) is 0.250.